The van der Waals surface area contributed by atoms with E-state index in [0.29, 0.717) is 42.9 Å². The van der Waals surface area contributed by atoms with E-state index in [2.05, 4.69) is 21.7 Å². The fraction of sp³-hybridized carbons (Fsp3) is 0.273. The molecular weight excluding hydrogens is 430 g/mol. The van der Waals surface area contributed by atoms with Gasteiger partial charge in [0.1, 0.15) is 17.2 Å². The number of imidazole rings is 1. The minimum Gasteiger partial charge on any atom is -0.472 e. The summed E-state index contributed by atoms with van der Waals surface area (Å²) in [5, 5.41) is 15.7. The minimum absolute atomic E-state index is 0.273. The van der Waals surface area contributed by atoms with Gasteiger partial charge in [-0.05, 0) is 30.5 Å². The minimum atomic E-state index is -0.464. The van der Waals surface area contributed by atoms with E-state index in [9.17, 15) is 14.9 Å². The summed E-state index contributed by atoms with van der Waals surface area (Å²) in [5.74, 6) is -0.327. The molecule has 2 N–H and O–H groups in total. The van der Waals surface area contributed by atoms with Crippen molar-refractivity contribution in [1.82, 2.24) is 14.9 Å². The van der Waals surface area contributed by atoms with E-state index in [-0.39, 0.29) is 12.0 Å². The van der Waals surface area contributed by atoms with Gasteiger partial charge in [0.15, 0.2) is 0 Å². The number of thiophene rings is 1. The van der Waals surface area contributed by atoms with Gasteiger partial charge < -0.3 is 24.4 Å². The molecule has 0 bridgehead atoms. The van der Waals surface area contributed by atoms with Gasteiger partial charge in [-0.15, -0.1) is 11.3 Å². The number of nitriles is 1. The first-order chi connectivity index (χ1) is 15.6. The molecule has 164 valence electrons. The van der Waals surface area contributed by atoms with Gasteiger partial charge in [-0.2, -0.15) is 5.26 Å². The van der Waals surface area contributed by atoms with E-state index in [4.69, 9.17) is 9.15 Å². The summed E-state index contributed by atoms with van der Waals surface area (Å²) >= 11 is 1.36. The molecule has 0 saturated heterocycles. The number of ether oxygens (including phenoxy) is 1. The Morgan fingerprint density at radius 3 is 3.12 bits per heavy atom. The molecule has 0 aromatic carbocycles. The normalized spacial score (nSPS) is 15.2. The lowest BCUT2D eigenvalue weighted by molar-refractivity contribution is -0.111. The number of nitrogens with zero attached hydrogens (tertiary/aromatic N) is 3. The lowest BCUT2D eigenvalue weighted by atomic mass is 9.94. The van der Waals surface area contributed by atoms with Crippen molar-refractivity contribution in [3.8, 4) is 6.07 Å². The average Bonchev–Trinajstić information content (AvgIpc) is 3.53. The Bertz CT molecular complexity index is 1140. The Balaban J connectivity index is 1.33. The van der Waals surface area contributed by atoms with E-state index in [1.54, 1.807) is 24.7 Å². The number of carbonyl (C=O) groups excluding carboxylic acids is 2. The van der Waals surface area contributed by atoms with E-state index in [0.717, 1.165) is 16.0 Å². The molecule has 0 fully saturated rings. The molecule has 3 aromatic rings. The summed E-state index contributed by atoms with van der Waals surface area (Å²) < 4.78 is 12.4. The van der Waals surface area contributed by atoms with Gasteiger partial charge in [0, 0.05) is 48.4 Å². The first-order valence-corrected chi connectivity index (χ1v) is 10.9. The second-order valence-corrected chi connectivity index (χ2v) is 8.30. The number of amides is 2. The molecule has 1 aliphatic rings. The Morgan fingerprint density at radius 2 is 2.38 bits per heavy atom. The number of anilines is 1. The zero-order valence-corrected chi connectivity index (χ0v) is 17.9. The fourth-order valence-corrected chi connectivity index (χ4v) is 4.72. The van der Waals surface area contributed by atoms with Crippen molar-refractivity contribution in [2.45, 2.75) is 31.9 Å². The summed E-state index contributed by atoms with van der Waals surface area (Å²) in [4.78, 5) is 29.3. The van der Waals surface area contributed by atoms with Crippen molar-refractivity contribution in [3.63, 3.8) is 0 Å². The molecular formula is C22H21N5O4S. The highest BCUT2D eigenvalue weighted by atomic mass is 32.1. The fourth-order valence-electron chi connectivity index (χ4n) is 3.46. The third-order valence-electron chi connectivity index (χ3n) is 5.01. The lowest BCUT2D eigenvalue weighted by Crippen LogP contribution is -2.33. The van der Waals surface area contributed by atoms with Crippen LogP contribution in [0.25, 0.3) is 6.08 Å². The second kappa shape index (κ2) is 9.98. The van der Waals surface area contributed by atoms with Crippen molar-refractivity contribution >= 4 is 34.4 Å². The number of nitrogens with one attached hydrogen (secondary N) is 2. The maximum Gasteiger partial charge on any atom is 0.407 e. The van der Waals surface area contributed by atoms with Crippen LogP contribution in [0.3, 0.4) is 0 Å². The third kappa shape index (κ3) is 5.25. The van der Waals surface area contributed by atoms with Crippen LogP contribution < -0.4 is 10.6 Å². The smallest absolute Gasteiger partial charge is 0.407 e. The molecule has 3 aromatic heterocycles. The molecule has 0 aliphatic heterocycles. The molecule has 10 heteroatoms. The van der Waals surface area contributed by atoms with Gasteiger partial charge in [0.2, 0.25) is 5.91 Å². The summed E-state index contributed by atoms with van der Waals surface area (Å²) in [6.45, 7) is 1.05. The number of hydrogen-bond donors (Lipinski definition) is 2. The van der Waals surface area contributed by atoms with Crippen LogP contribution in [0.15, 0.2) is 47.8 Å². The lowest BCUT2D eigenvalue weighted by Gasteiger charge is -2.22. The molecule has 1 atom stereocenters. The van der Waals surface area contributed by atoms with Crippen molar-refractivity contribution in [2.24, 2.45) is 0 Å². The van der Waals surface area contributed by atoms with Gasteiger partial charge in [0.25, 0.3) is 0 Å². The number of furan rings is 1. The second-order valence-electron chi connectivity index (χ2n) is 7.20. The monoisotopic (exact) mass is 451 g/mol. The quantitative estimate of drug-likeness (QED) is 0.531. The molecule has 0 spiro atoms. The topological polar surface area (TPSA) is 122 Å². The average molecular weight is 452 g/mol. The SMILES string of the molecule is N#Cc1c(NC(=O)C=Cc2ccoc2)sc2c1CCC(OC(=O)NCCn1ccnc1)C2. The van der Waals surface area contributed by atoms with E-state index in [1.807, 2.05) is 10.8 Å². The van der Waals surface area contributed by atoms with Crippen LogP contribution >= 0.6 is 11.3 Å². The molecule has 0 saturated carbocycles. The predicted octanol–water partition coefficient (Wildman–Crippen LogP) is 3.34. The van der Waals surface area contributed by atoms with Crippen LogP contribution in [0.4, 0.5) is 9.80 Å². The molecule has 1 unspecified atom stereocenters. The summed E-state index contributed by atoms with van der Waals surface area (Å²) in [6.07, 6.45) is 12.3. The van der Waals surface area contributed by atoms with E-state index >= 15 is 0 Å². The maximum absolute atomic E-state index is 12.3. The van der Waals surface area contributed by atoms with Crippen molar-refractivity contribution < 1.29 is 18.7 Å². The zero-order chi connectivity index (χ0) is 22.3. The Labute approximate surface area is 188 Å². The highest BCUT2D eigenvalue weighted by molar-refractivity contribution is 7.16. The van der Waals surface area contributed by atoms with Crippen LogP contribution in [-0.2, 0) is 28.9 Å². The number of rotatable bonds is 7. The molecule has 3 heterocycles. The predicted molar refractivity (Wildman–Crippen MR) is 118 cm³/mol. The third-order valence-corrected chi connectivity index (χ3v) is 6.18. The Morgan fingerprint density at radius 1 is 1.47 bits per heavy atom. The van der Waals surface area contributed by atoms with E-state index in [1.165, 1.54) is 29.9 Å². The van der Waals surface area contributed by atoms with Gasteiger partial charge in [-0.1, -0.05) is 0 Å². The summed E-state index contributed by atoms with van der Waals surface area (Å²) in [6, 6.07) is 3.94. The Kier molecular flexibility index (Phi) is 6.67. The van der Waals surface area contributed by atoms with Crippen molar-refractivity contribution in [2.75, 3.05) is 11.9 Å². The number of fused-ring (bicyclic) bond motifs is 1. The molecule has 2 amide bonds. The summed E-state index contributed by atoms with van der Waals surface area (Å²) in [7, 11) is 0. The standard InChI is InChI=1S/C22H21N5O4S/c23-12-18-17-3-2-16(31-22(29)25-7-9-27-8-6-24-14-27)11-19(17)32-21(18)26-20(28)4-1-15-5-10-30-13-15/h1,4-6,8,10,13-14,16H,2-3,7,9,11H2,(H,25,29)(H,26,28). The first kappa shape index (κ1) is 21.4. The van der Waals surface area contributed by atoms with Crippen LogP contribution in [0.1, 0.15) is 28.0 Å². The molecule has 9 nitrogen and oxygen atoms in total. The number of aromatic nitrogens is 2. The van der Waals surface area contributed by atoms with Crippen molar-refractivity contribution in [3.05, 3.63) is 65.0 Å². The molecule has 1 aliphatic carbocycles. The van der Waals surface area contributed by atoms with Gasteiger partial charge in [-0.25, -0.2) is 9.78 Å². The van der Waals surface area contributed by atoms with Gasteiger partial charge in [-0.3, -0.25) is 4.79 Å². The molecule has 4 rings (SSSR count). The number of carbonyl (C=O) groups is 2. The zero-order valence-electron chi connectivity index (χ0n) is 17.1. The van der Waals surface area contributed by atoms with Crippen LogP contribution in [0.2, 0.25) is 0 Å². The van der Waals surface area contributed by atoms with E-state index < -0.39 is 6.09 Å². The number of alkyl carbamates (subject to hydrolysis) is 1. The Hall–Kier alpha value is -3.84. The highest BCUT2D eigenvalue weighted by Crippen LogP contribution is 2.38. The van der Waals surface area contributed by atoms with Gasteiger partial charge >= 0.3 is 6.09 Å². The number of hydrogen-bond acceptors (Lipinski definition) is 7. The highest BCUT2D eigenvalue weighted by Gasteiger charge is 2.28. The summed E-state index contributed by atoms with van der Waals surface area (Å²) in [5.41, 5.74) is 2.18. The first-order valence-electron chi connectivity index (χ1n) is 10.1. The van der Waals surface area contributed by atoms with Crippen LogP contribution in [0, 0.1) is 11.3 Å². The molecule has 32 heavy (non-hydrogen) atoms. The van der Waals surface area contributed by atoms with Crippen molar-refractivity contribution in [1.29, 1.82) is 5.26 Å². The van der Waals surface area contributed by atoms with Crippen LogP contribution in [0.5, 0.6) is 0 Å². The largest absolute Gasteiger partial charge is 0.472 e. The van der Waals surface area contributed by atoms with Crippen LogP contribution in [-0.4, -0.2) is 34.2 Å². The molecule has 0 radical (unpaired) electrons. The maximum atomic E-state index is 12.3. The van der Waals surface area contributed by atoms with Gasteiger partial charge in [0.05, 0.1) is 24.4 Å².